The van der Waals surface area contributed by atoms with Crippen LogP contribution in [0, 0.1) is 0 Å². The van der Waals surface area contributed by atoms with Crippen LogP contribution in [0.15, 0.2) is 27.5 Å². The van der Waals surface area contributed by atoms with Crippen molar-refractivity contribution in [2.24, 2.45) is 0 Å². The molecule has 0 bridgehead atoms. The fourth-order valence-electron chi connectivity index (χ4n) is 2.24. The van der Waals surface area contributed by atoms with E-state index in [1.54, 1.807) is 21.9 Å². The molecule has 1 fully saturated rings. The first kappa shape index (κ1) is 14.7. The molecule has 9 nitrogen and oxygen atoms in total. The van der Waals surface area contributed by atoms with Crippen molar-refractivity contribution in [3.05, 3.63) is 28.9 Å². The van der Waals surface area contributed by atoms with Gasteiger partial charge in [0.1, 0.15) is 12.9 Å². The largest absolute Gasteiger partial charge is 0.444 e. The van der Waals surface area contributed by atoms with Gasteiger partial charge in [-0.05, 0) is 38.5 Å². The minimum Gasteiger partial charge on any atom is -0.444 e. The van der Waals surface area contributed by atoms with Crippen LogP contribution in [0.2, 0.25) is 0 Å². The lowest BCUT2D eigenvalue weighted by atomic mass is 10.3. The highest BCUT2D eigenvalue weighted by Gasteiger charge is 2.26. The molecule has 1 saturated heterocycles. The van der Waals surface area contributed by atoms with Gasteiger partial charge < -0.3 is 14.2 Å². The molecule has 0 aliphatic carbocycles. The zero-order valence-electron chi connectivity index (χ0n) is 11.6. The molecule has 0 unspecified atom stereocenters. The van der Waals surface area contributed by atoms with Gasteiger partial charge in [-0.3, -0.25) is 9.59 Å². The lowest BCUT2D eigenvalue weighted by Gasteiger charge is -2.34. The molecule has 1 aliphatic heterocycles. The predicted molar refractivity (Wildman–Crippen MR) is 76.7 cm³/mol. The highest BCUT2D eigenvalue weighted by atomic mass is 79.9. The second-order valence-electron chi connectivity index (χ2n) is 4.78. The molecule has 0 aromatic carbocycles. The summed E-state index contributed by atoms with van der Waals surface area (Å²) in [6, 6.07) is 3.31. The number of halogens is 1. The number of hydrogen-bond acceptors (Lipinski definition) is 6. The fraction of sp³-hybridized carbons (Fsp3) is 0.417. The van der Waals surface area contributed by atoms with E-state index in [-0.39, 0.29) is 18.4 Å². The maximum Gasteiger partial charge on any atom is 0.289 e. The third-order valence-corrected chi connectivity index (χ3v) is 3.82. The van der Waals surface area contributed by atoms with Gasteiger partial charge in [-0.1, -0.05) is 0 Å². The summed E-state index contributed by atoms with van der Waals surface area (Å²) in [6.07, 6.45) is 1.40. The number of amides is 2. The summed E-state index contributed by atoms with van der Waals surface area (Å²) in [5.41, 5.74) is 0. The molecule has 10 heteroatoms. The average Bonchev–Trinajstić information content (AvgIpc) is 3.18. The fourth-order valence-corrected chi connectivity index (χ4v) is 2.54. The number of nitrogens with zero attached hydrogens (tertiary/aromatic N) is 6. The summed E-state index contributed by atoms with van der Waals surface area (Å²) in [7, 11) is 0. The number of hydrogen-bond donors (Lipinski definition) is 0. The van der Waals surface area contributed by atoms with Crippen molar-refractivity contribution in [2.45, 2.75) is 6.54 Å². The molecule has 0 saturated carbocycles. The highest BCUT2D eigenvalue weighted by Crippen LogP contribution is 2.16. The summed E-state index contributed by atoms with van der Waals surface area (Å²) in [5, 5.41) is 10.6. The van der Waals surface area contributed by atoms with Crippen LogP contribution in [0.3, 0.4) is 0 Å². The van der Waals surface area contributed by atoms with E-state index in [2.05, 4.69) is 31.5 Å². The summed E-state index contributed by atoms with van der Waals surface area (Å²) in [6.45, 7) is 2.01. The van der Waals surface area contributed by atoms with Crippen LogP contribution in [-0.2, 0) is 11.3 Å². The zero-order valence-corrected chi connectivity index (χ0v) is 13.1. The molecule has 0 spiro atoms. The Kier molecular flexibility index (Phi) is 4.18. The number of furan rings is 1. The number of tetrazole rings is 1. The van der Waals surface area contributed by atoms with Crippen molar-refractivity contribution in [2.75, 3.05) is 26.2 Å². The van der Waals surface area contributed by atoms with Gasteiger partial charge in [0.15, 0.2) is 10.4 Å². The average molecular weight is 369 g/mol. The van der Waals surface area contributed by atoms with Crippen molar-refractivity contribution in [1.29, 1.82) is 0 Å². The third kappa shape index (κ3) is 3.16. The molecule has 2 aromatic rings. The van der Waals surface area contributed by atoms with E-state index in [1.165, 1.54) is 11.0 Å². The molecule has 2 aromatic heterocycles. The number of piperazine rings is 1. The van der Waals surface area contributed by atoms with Crippen molar-refractivity contribution >= 4 is 27.7 Å². The van der Waals surface area contributed by atoms with Gasteiger partial charge >= 0.3 is 0 Å². The maximum atomic E-state index is 12.2. The van der Waals surface area contributed by atoms with E-state index in [0.717, 1.165) is 0 Å². The van der Waals surface area contributed by atoms with E-state index >= 15 is 0 Å². The Bertz CT molecular complexity index is 662. The van der Waals surface area contributed by atoms with Crippen LogP contribution in [0.25, 0.3) is 0 Å². The number of carbonyl (C=O) groups is 2. The SMILES string of the molecule is O=C(Cn1cnnn1)N1CCN(C(=O)c2ccc(Br)o2)CC1. The molecule has 0 radical (unpaired) electrons. The topological polar surface area (TPSA) is 97.4 Å². The normalized spacial score (nSPS) is 15.1. The molecule has 1 aliphatic rings. The predicted octanol–water partition coefficient (Wildman–Crippen LogP) is 0.0132. The van der Waals surface area contributed by atoms with Gasteiger partial charge in [-0.25, -0.2) is 4.68 Å². The van der Waals surface area contributed by atoms with Crippen LogP contribution in [-0.4, -0.2) is 68.0 Å². The van der Waals surface area contributed by atoms with Crippen LogP contribution in [0.4, 0.5) is 0 Å². The molecule has 0 N–H and O–H groups in total. The maximum absolute atomic E-state index is 12.2. The Balaban J connectivity index is 1.54. The second-order valence-corrected chi connectivity index (χ2v) is 5.57. The first-order chi connectivity index (χ1) is 10.6. The van der Waals surface area contributed by atoms with Gasteiger partial charge in [0.2, 0.25) is 5.91 Å². The summed E-state index contributed by atoms with van der Waals surface area (Å²) in [4.78, 5) is 27.7. The van der Waals surface area contributed by atoms with Gasteiger partial charge in [-0.2, -0.15) is 0 Å². The lowest BCUT2D eigenvalue weighted by Crippen LogP contribution is -2.51. The molecule has 2 amide bonds. The monoisotopic (exact) mass is 368 g/mol. The molecule has 22 heavy (non-hydrogen) atoms. The minimum atomic E-state index is -0.168. The Morgan fingerprint density at radius 2 is 1.91 bits per heavy atom. The number of rotatable bonds is 3. The summed E-state index contributed by atoms with van der Waals surface area (Å²) in [5.74, 6) is 0.0544. The third-order valence-electron chi connectivity index (χ3n) is 3.39. The first-order valence-corrected chi connectivity index (χ1v) is 7.46. The molecular formula is C12H13BrN6O3. The van der Waals surface area contributed by atoms with E-state index < -0.39 is 0 Å². The Labute approximate surface area is 134 Å². The first-order valence-electron chi connectivity index (χ1n) is 6.66. The summed E-state index contributed by atoms with van der Waals surface area (Å²) < 4.78 is 7.16. The van der Waals surface area contributed by atoms with Crippen molar-refractivity contribution in [1.82, 2.24) is 30.0 Å². The quantitative estimate of drug-likeness (QED) is 0.756. The van der Waals surface area contributed by atoms with E-state index in [4.69, 9.17) is 4.42 Å². The van der Waals surface area contributed by atoms with Gasteiger partial charge in [0, 0.05) is 26.2 Å². The van der Waals surface area contributed by atoms with E-state index in [1.807, 2.05) is 0 Å². The van der Waals surface area contributed by atoms with Crippen LogP contribution in [0.5, 0.6) is 0 Å². The van der Waals surface area contributed by atoms with Crippen molar-refractivity contribution in [3.63, 3.8) is 0 Å². The molecule has 3 heterocycles. The minimum absolute atomic E-state index is 0.0693. The van der Waals surface area contributed by atoms with Gasteiger partial charge in [0.25, 0.3) is 5.91 Å². The smallest absolute Gasteiger partial charge is 0.289 e. The van der Waals surface area contributed by atoms with Crippen LogP contribution in [0.1, 0.15) is 10.6 Å². The number of aromatic nitrogens is 4. The van der Waals surface area contributed by atoms with E-state index in [9.17, 15) is 9.59 Å². The Morgan fingerprint density at radius 3 is 2.50 bits per heavy atom. The lowest BCUT2D eigenvalue weighted by molar-refractivity contribution is -0.133. The van der Waals surface area contributed by atoms with E-state index in [0.29, 0.717) is 36.6 Å². The summed E-state index contributed by atoms with van der Waals surface area (Å²) >= 11 is 3.17. The van der Waals surface area contributed by atoms with Gasteiger partial charge in [0.05, 0.1) is 0 Å². The van der Waals surface area contributed by atoms with Crippen molar-refractivity contribution < 1.29 is 14.0 Å². The molecular weight excluding hydrogens is 356 g/mol. The molecule has 0 atom stereocenters. The Hall–Kier alpha value is -2.23. The van der Waals surface area contributed by atoms with Crippen LogP contribution >= 0.6 is 15.9 Å². The van der Waals surface area contributed by atoms with Crippen molar-refractivity contribution in [3.8, 4) is 0 Å². The van der Waals surface area contributed by atoms with Gasteiger partial charge in [-0.15, -0.1) is 5.10 Å². The Morgan fingerprint density at radius 1 is 1.18 bits per heavy atom. The zero-order chi connectivity index (χ0) is 15.5. The second kappa shape index (κ2) is 6.26. The standard InChI is InChI=1S/C12H13BrN6O3/c13-10-2-1-9(22-10)12(21)18-5-3-17(4-6-18)11(20)7-19-8-14-15-16-19/h1-2,8H,3-7H2. The van der Waals surface area contributed by atoms with Crippen LogP contribution < -0.4 is 0 Å². The molecule has 116 valence electrons. The number of carbonyl (C=O) groups excluding carboxylic acids is 2. The highest BCUT2D eigenvalue weighted by molar-refractivity contribution is 9.10. The molecule has 3 rings (SSSR count).